The number of hydrogen-bond donors (Lipinski definition) is 3. The van der Waals surface area contributed by atoms with E-state index in [4.69, 9.17) is 14.7 Å². The van der Waals surface area contributed by atoms with E-state index in [1.54, 1.807) is 7.11 Å². The van der Waals surface area contributed by atoms with Crippen molar-refractivity contribution in [1.29, 1.82) is 5.26 Å². The van der Waals surface area contributed by atoms with E-state index >= 15 is 0 Å². The molecule has 1 aliphatic rings. The number of aromatic amines is 1. The number of methoxy groups -OCH3 is 1. The molecule has 1 saturated heterocycles. The fraction of sp³-hybridized carbons (Fsp3) is 0.263. The number of benzene rings is 1. The maximum atomic E-state index is 8.79. The number of H-pyrrole nitrogens is 1. The Morgan fingerprint density at radius 1 is 1.25 bits per heavy atom. The van der Waals surface area contributed by atoms with Gasteiger partial charge < -0.3 is 20.1 Å². The summed E-state index contributed by atoms with van der Waals surface area (Å²) in [5.74, 6) is 1.82. The van der Waals surface area contributed by atoms with Gasteiger partial charge in [-0.2, -0.15) is 10.4 Å². The van der Waals surface area contributed by atoms with Crippen LogP contribution in [0.2, 0.25) is 0 Å². The molecule has 9 heteroatoms. The average Bonchev–Trinajstić information content (AvgIpc) is 3.22. The molecule has 9 nitrogen and oxygen atoms in total. The number of nitriles is 1. The quantitative estimate of drug-likeness (QED) is 0.618. The molecule has 0 saturated carbocycles. The van der Waals surface area contributed by atoms with E-state index in [1.165, 1.54) is 12.4 Å². The molecule has 4 rings (SSSR count). The molecule has 3 heterocycles. The summed E-state index contributed by atoms with van der Waals surface area (Å²) in [5.41, 5.74) is 3.02. The molecule has 0 unspecified atom stereocenters. The third-order valence-electron chi connectivity index (χ3n) is 4.42. The SMILES string of the molecule is COc1cc([C@@H]2CNCCO2)ccc1-c1cc(Nc2cnc(C#N)cn2)n[nH]1. The van der Waals surface area contributed by atoms with Crippen LogP contribution in [0.5, 0.6) is 5.75 Å². The number of morpholine rings is 1. The predicted molar refractivity (Wildman–Crippen MR) is 102 cm³/mol. The first-order chi connectivity index (χ1) is 13.8. The average molecular weight is 377 g/mol. The smallest absolute Gasteiger partial charge is 0.158 e. The number of ether oxygens (including phenoxy) is 2. The number of nitrogens with one attached hydrogen (secondary N) is 3. The first kappa shape index (κ1) is 17.9. The lowest BCUT2D eigenvalue weighted by molar-refractivity contribution is 0.0276. The Morgan fingerprint density at radius 2 is 2.18 bits per heavy atom. The maximum absolute atomic E-state index is 8.79. The van der Waals surface area contributed by atoms with Crippen molar-refractivity contribution in [2.24, 2.45) is 0 Å². The van der Waals surface area contributed by atoms with Crippen LogP contribution >= 0.6 is 0 Å². The normalized spacial score (nSPS) is 16.4. The highest BCUT2D eigenvalue weighted by molar-refractivity contribution is 5.71. The van der Waals surface area contributed by atoms with Crippen molar-refractivity contribution >= 4 is 11.6 Å². The molecule has 1 fully saturated rings. The van der Waals surface area contributed by atoms with Gasteiger partial charge in [-0.05, 0) is 17.7 Å². The van der Waals surface area contributed by atoms with Crippen molar-refractivity contribution in [2.75, 3.05) is 32.1 Å². The molecule has 1 atom stereocenters. The Labute approximate surface area is 161 Å². The lowest BCUT2D eigenvalue weighted by Gasteiger charge is -2.24. The maximum Gasteiger partial charge on any atom is 0.158 e. The molecular formula is C19H19N7O2. The van der Waals surface area contributed by atoms with Crippen molar-refractivity contribution in [3.8, 4) is 23.1 Å². The highest BCUT2D eigenvalue weighted by Crippen LogP contribution is 2.33. The second kappa shape index (κ2) is 8.04. The summed E-state index contributed by atoms with van der Waals surface area (Å²) in [6, 6.07) is 9.81. The highest BCUT2D eigenvalue weighted by Gasteiger charge is 2.18. The minimum absolute atomic E-state index is 0.0191. The molecule has 0 aliphatic carbocycles. The van der Waals surface area contributed by atoms with Crippen molar-refractivity contribution in [2.45, 2.75) is 6.10 Å². The van der Waals surface area contributed by atoms with Crippen LogP contribution in [0.4, 0.5) is 11.6 Å². The second-order valence-corrected chi connectivity index (χ2v) is 6.21. The Balaban J connectivity index is 1.54. The summed E-state index contributed by atoms with van der Waals surface area (Å²) in [6.45, 7) is 2.36. The first-order valence-corrected chi connectivity index (χ1v) is 8.82. The molecular weight excluding hydrogens is 358 g/mol. The van der Waals surface area contributed by atoms with Crippen LogP contribution in [-0.2, 0) is 4.74 Å². The van der Waals surface area contributed by atoms with Gasteiger partial charge in [-0.15, -0.1) is 0 Å². The zero-order valence-electron chi connectivity index (χ0n) is 15.3. The number of anilines is 2. The largest absolute Gasteiger partial charge is 0.496 e. The molecule has 0 spiro atoms. The van der Waals surface area contributed by atoms with Gasteiger partial charge in [0.15, 0.2) is 11.5 Å². The molecule has 3 N–H and O–H groups in total. The van der Waals surface area contributed by atoms with Gasteiger partial charge in [0.05, 0.1) is 37.9 Å². The summed E-state index contributed by atoms with van der Waals surface area (Å²) in [4.78, 5) is 8.11. The standard InChI is InChI=1S/C19H19N7O2/c1-27-16-6-12(17-10-21-4-5-28-17)2-3-14(16)15-7-18(26-25-15)24-19-11-22-13(8-20)9-23-19/h2-3,6-7,9,11,17,21H,4-5,10H2,1H3,(H2,23,24,25,26)/t17-/m0/s1. The van der Waals surface area contributed by atoms with Gasteiger partial charge in [0.2, 0.25) is 0 Å². The lowest BCUT2D eigenvalue weighted by atomic mass is 10.0. The molecule has 142 valence electrons. The summed E-state index contributed by atoms with van der Waals surface area (Å²) in [6.07, 6.45) is 2.91. The summed E-state index contributed by atoms with van der Waals surface area (Å²) >= 11 is 0. The van der Waals surface area contributed by atoms with E-state index in [2.05, 4.69) is 30.8 Å². The van der Waals surface area contributed by atoms with E-state index < -0.39 is 0 Å². The highest BCUT2D eigenvalue weighted by atomic mass is 16.5. The van der Waals surface area contributed by atoms with Gasteiger partial charge in [0.1, 0.15) is 17.6 Å². The predicted octanol–water partition coefficient (Wildman–Crippen LogP) is 2.15. The van der Waals surface area contributed by atoms with Gasteiger partial charge in [0.25, 0.3) is 0 Å². The topological polar surface area (TPSA) is 121 Å². The number of aromatic nitrogens is 4. The Morgan fingerprint density at radius 3 is 2.89 bits per heavy atom. The van der Waals surface area contributed by atoms with E-state index in [0.29, 0.717) is 18.2 Å². The second-order valence-electron chi connectivity index (χ2n) is 6.21. The fourth-order valence-electron chi connectivity index (χ4n) is 3.02. The molecule has 0 radical (unpaired) electrons. The van der Waals surface area contributed by atoms with Crippen LogP contribution in [0.15, 0.2) is 36.7 Å². The summed E-state index contributed by atoms with van der Waals surface area (Å²) in [7, 11) is 1.64. The minimum atomic E-state index is 0.0191. The van der Waals surface area contributed by atoms with E-state index in [0.717, 1.165) is 35.7 Å². The molecule has 2 aromatic heterocycles. The van der Waals surface area contributed by atoms with Crippen LogP contribution in [0.1, 0.15) is 17.4 Å². The van der Waals surface area contributed by atoms with Crippen molar-refractivity contribution < 1.29 is 9.47 Å². The van der Waals surface area contributed by atoms with E-state index in [9.17, 15) is 0 Å². The fourth-order valence-corrected chi connectivity index (χ4v) is 3.02. The zero-order chi connectivity index (χ0) is 19.3. The number of nitrogens with zero attached hydrogens (tertiary/aromatic N) is 4. The molecule has 1 aromatic carbocycles. The van der Waals surface area contributed by atoms with Crippen LogP contribution < -0.4 is 15.4 Å². The Kier molecular flexibility index (Phi) is 5.14. The van der Waals surface area contributed by atoms with Gasteiger partial charge in [-0.25, -0.2) is 9.97 Å². The number of rotatable bonds is 5. The lowest BCUT2D eigenvalue weighted by Crippen LogP contribution is -2.33. The third kappa shape index (κ3) is 3.78. The molecule has 0 amide bonds. The molecule has 3 aromatic rings. The monoisotopic (exact) mass is 377 g/mol. The zero-order valence-corrected chi connectivity index (χ0v) is 15.3. The van der Waals surface area contributed by atoms with Crippen LogP contribution in [0, 0.1) is 11.3 Å². The van der Waals surface area contributed by atoms with Crippen LogP contribution in [0.3, 0.4) is 0 Å². The molecule has 1 aliphatic heterocycles. The summed E-state index contributed by atoms with van der Waals surface area (Å²) in [5, 5.41) is 22.4. The summed E-state index contributed by atoms with van der Waals surface area (Å²) < 4.78 is 11.4. The molecule has 28 heavy (non-hydrogen) atoms. The Hall–Kier alpha value is -3.48. The Bertz CT molecular complexity index is 988. The number of hydrogen-bond acceptors (Lipinski definition) is 8. The van der Waals surface area contributed by atoms with Crippen LogP contribution in [0.25, 0.3) is 11.3 Å². The van der Waals surface area contributed by atoms with Crippen molar-refractivity contribution in [3.63, 3.8) is 0 Å². The van der Waals surface area contributed by atoms with Crippen molar-refractivity contribution in [3.05, 3.63) is 47.9 Å². The van der Waals surface area contributed by atoms with Gasteiger partial charge in [-0.3, -0.25) is 5.10 Å². The van der Waals surface area contributed by atoms with Gasteiger partial charge >= 0.3 is 0 Å². The minimum Gasteiger partial charge on any atom is -0.496 e. The first-order valence-electron chi connectivity index (χ1n) is 8.82. The van der Waals surface area contributed by atoms with Gasteiger partial charge in [-0.1, -0.05) is 6.07 Å². The van der Waals surface area contributed by atoms with Crippen LogP contribution in [-0.4, -0.2) is 47.0 Å². The van der Waals surface area contributed by atoms with Gasteiger partial charge in [0, 0.05) is 24.7 Å². The van der Waals surface area contributed by atoms with Crippen molar-refractivity contribution in [1.82, 2.24) is 25.5 Å². The van der Waals surface area contributed by atoms with E-state index in [1.807, 2.05) is 30.3 Å². The molecule has 0 bridgehead atoms. The van der Waals surface area contributed by atoms with E-state index in [-0.39, 0.29) is 11.8 Å². The third-order valence-corrected chi connectivity index (χ3v) is 4.42.